The summed E-state index contributed by atoms with van der Waals surface area (Å²) in [7, 11) is 2.97. The van der Waals surface area contributed by atoms with E-state index in [9.17, 15) is 15.0 Å². The Morgan fingerprint density at radius 2 is 1.37 bits per heavy atom. The van der Waals surface area contributed by atoms with Gasteiger partial charge in [-0.15, -0.1) is 0 Å². The van der Waals surface area contributed by atoms with Gasteiger partial charge in [0.1, 0.15) is 12.2 Å². The van der Waals surface area contributed by atoms with Crippen molar-refractivity contribution < 1.29 is 24.5 Å². The van der Waals surface area contributed by atoms with Crippen LogP contribution >= 0.6 is 0 Å². The molecule has 1 rings (SSSR count). The molecule has 2 N–H and O–H groups in total. The highest BCUT2D eigenvalue weighted by atomic mass is 16.5. The Hall–Kier alpha value is -1.85. The van der Waals surface area contributed by atoms with Crippen molar-refractivity contribution in [2.24, 2.45) is 11.8 Å². The van der Waals surface area contributed by atoms with Gasteiger partial charge >= 0.3 is 0 Å². The van der Waals surface area contributed by atoms with Crippen molar-refractivity contribution in [2.45, 2.75) is 78.9 Å². The summed E-state index contributed by atoms with van der Waals surface area (Å²) in [5, 5.41) is 21.2. The second kappa shape index (κ2) is 12.8. The lowest BCUT2D eigenvalue weighted by Crippen LogP contribution is -2.42. The number of carbonyl (C=O) groups excluding carboxylic acids is 1. The zero-order valence-corrected chi connectivity index (χ0v) is 19.7. The van der Waals surface area contributed by atoms with Gasteiger partial charge in [-0.3, -0.25) is 4.79 Å². The molecule has 0 aromatic rings. The van der Waals surface area contributed by atoms with Crippen molar-refractivity contribution in [1.82, 2.24) is 0 Å². The molecule has 5 nitrogen and oxygen atoms in total. The van der Waals surface area contributed by atoms with Gasteiger partial charge in [0.25, 0.3) is 0 Å². The highest BCUT2D eigenvalue weighted by Gasteiger charge is 2.42. The van der Waals surface area contributed by atoms with Gasteiger partial charge in [0.2, 0.25) is 0 Å². The molecule has 1 aliphatic carbocycles. The summed E-state index contributed by atoms with van der Waals surface area (Å²) in [6, 6.07) is 0. The Morgan fingerprint density at radius 3 is 1.90 bits per heavy atom. The quantitative estimate of drug-likeness (QED) is 0.369. The average molecular weight is 421 g/mol. The van der Waals surface area contributed by atoms with Crippen molar-refractivity contribution in [2.75, 3.05) is 14.2 Å². The second-order valence-electron chi connectivity index (χ2n) is 8.41. The zero-order valence-electron chi connectivity index (χ0n) is 19.7. The molecule has 0 saturated heterocycles. The van der Waals surface area contributed by atoms with Gasteiger partial charge < -0.3 is 19.7 Å². The average Bonchev–Trinajstić information content (AvgIpc) is 2.70. The van der Waals surface area contributed by atoms with E-state index in [1.165, 1.54) is 25.4 Å². The maximum Gasteiger partial charge on any atom is 0.165 e. The molecular formula is C25H40O5. The van der Waals surface area contributed by atoms with Crippen molar-refractivity contribution >= 4 is 5.78 Å². The molecule has 0 radical (unpaired) electrons. The number of ether oxygens (including phenoxy) is 2. The molecular weight excluding hydrogens is 380 g/mol. The maximum absolute atomic E-state index is 11.2. The topological polar surface area (TPSA) is 76.0 Å². The molecule has 4 atom stereocenters. The van der Waals surface area contributed by atoms with Gasteiger partial charge in [-0.1, -0.05) is 36.3 Å². The van der Waals surface area contributed by atoms with Crippen LogP contribution in [0.15, 0.2) is 46.5 Å². The molecule has 30 heavy (non-hydrogen) atoms. The lowest BCUT2D eigenvalue weighted by molar-refractivity contribution is -0.113. The van der Waals surface area contributed by atoms with Crippen LogP contribution in [-0.2, 0) is 14.3 Å². The Kier molecular flexibility index (Phi) is 11.1. The molecule has 0 bridgehead atoms. The predicted octanol–water partition coefficient (Wildman–Crippen LogP) is 4.86. The van der Waals surface area contributed by atoms with Crippen LogP contribution < -0.4 is 0 Å². The zero-order chi connectivity index (χ0) is 22.8. The number of hydrogen-bond acceptors (Lipinski definition) is 5. The first-order chi connectivity index (χ1) is 14.1. The second-order valence-corrected chi connectivity index (χ2v) is 8.41. The minimum Gasteiger partial charge on any atom is -0.495 e. The fraction of sp³-hybridized carbons (Fsp3) is 0.640. The third-order valence-electron chi connectivity index (χ3n) is 6.11. The van der Waals surface area contributed by atoms with Crippen LogP contribution in [0.3, 0.4) is 0 Å². The third-order valence-corrected chi connectivity index (χ3v) is 6.11. The van der Waals surface area contributed by atoms with Gasteiger partial charge in [0.05, 0.1) is 14.2 Å². The number of aliphatic hydroxyl groups is 2. The van der Waals surface area contributed by atoms with Crippen LogP contribution in [0.5, 0.6) is 0 Å². The lowest BCUT2D eigenvalue weighted by Gasteiger charge is -2.38. The smallest absolute Gasteiger partial charge is 0.165 e. The van der Waals surface area contributed by atoms with Crippen LogP contribution in [0.2, 0.25) is 0 Å². The van der Waals surface area contributed by atoms with E-state index in [1.54, 1.807) is 6.92 Å². The number of aliphatic hydroxyl groups excluding tert-OH is 2. The number of carbonyl (C=O) groups is 1. The molecule has 0 spiro atoms. The van der Waals surface area contributed by atoms with Crippen molar-refractivity contribution in [3.8, 4) is 0 Å². The van der Waals surface area contributed by atoms with Crippen molar-refractivity contribution in [3.05, 3.63) is 46.5 Å². The van der Waals surface area contributed by atoms with Crippen molar-refractivity contribution in [1.29, 1.82) is 0 Å². The van der Waals surface area contributed by atoms with Gasteiger partial charge in [0, 0.05) is 5.92 Å². The molecule has 0 heterocycles. The van der Waals surface area contributed by atoms with Crippen LogP contribution in [0, 0.1) is 11.8 Å². The minimum atomic E-state index is -0.791. The van der Waals surface area contributed by atoms with Crippen LogP contribution in [0.4, 0.5) is 0 Å². The number of Topliss-reactive ketones (excluding diaryl/α,β-unsaturated/α-hetero) is 1. The molecule has 0 aromatic carbocycles. The number of ketones is 1. The summed E-state index contributed by atoms with van der Waals surface area (Å²) in [6.07, 6.45) is 9.30. The van der Waals surface area contributed by atoms with E-state index < -0.39 is 12.2 Å². The molecule has 0 fully saturated rings. The highest BCUT2D eigenvalue weighted by Crippen LogP contribution is 2.37. The Labute approximate surface area is 182 Å². The summed E-state index contributed by atoms with van der Waals surface area (Å²) in [5.74, 6) is 0.521. The first-order valence-corrected chi connectivity index (χ1v) is 10.8. The molecule has 5 heteroatoms. The van der Waals surface area contributed by atoms with E-state index in [0.29, 0.717) is 17.9 Å². The van der Waals surface area contributed by atoms with Gasteiger partial charge in [-0.25, -0.2) is 0 Å². The standard InChI is InChI=1S/C25H40O5/c1-16(12-9-13-18(3)20(5)26)10-8-11-17(2)14-15-21-19(4)22(27)24(29-6)25(30-7)23(21)28/h10,13-14,19,21-23,27-28H,8-9,11-12,15H2,1-7H3/b16-10+,17-14+,18-13+. The fourth-order valence-corrected chi connectivity index (χ4v) is 3.78. The van der Waals surface area contributed by atoms with Crippen LogP contribution in [0.25, 0.3) is 0 Å². The Balaban J connectivity index is 2.60. The van der Waals surface area contributed by atoms with E-state index in [4.69, 9.17) is 9.47 Å². The number of methoxy groups -OCH3 is 2. The van der Waals surface area contributed by atoms with Crippen molar-refractivity contribution in [3.63, 3.8) is 0 Å². The molecule has 0 amide bonds. The van der Waals surface area contributed by atoms with Gasteiger partial charge in [-0.2, -0.15) is 0 Å². The Bertz CT molecular complexity index is 698. The SMILES string of the molecule is COC1=C(OC)C(O)C(C/C=C(\C)CC/C=C(\C)CC/C=C(\C)C(C)=O)C(C)C1O. The van der Waals surface area contributed by atoms with Crippen LogP contribution in [-0.4, -0.2) is 42.4 Å². The van der Waals surface area contributed by atoms with E-state index in [0.717, 1.165) is 31.3 Å². The van der Waals surface area contributed by atoms with Gasteiger partial charge in [-0.05, 0) is 71.3 Å². The summed E-state index contributed by atoms with van der Waals surface area (Å²) in [4.78, 5) is 11.2. The monoisotopic (exact) mass is 420 g/mol. The summed E-state index contributed by atoms with van der Waals surface area (Å²) >= 11 is 0. The molecule has 0 aromatic heterocycles. The third kappa shape index (κ3) is 7.44. The van der Waals surface area contributed by atoms with Gasteiger partial charge in [0.15, 0.2) is 17.3 Å². The van der Waals surface area contributed by atoms with E-state index in [2.05, 4.69) is 26.0 Å². The molecule has 170 valence electrons. The highest BCUT2D eigenvalue weighted by molar-refractivity contribution is 5.92. The summed E-state index contributed by atoms with van der Waals surface area (Å²) < 4.78 is 10.6. The molecule has 0 aliphatic heterocycles. The number of rotatable bonds is 11. The predicted molar refractivity (Wildman–Crippen MR) is 121 cm³/mol. The fourth-order valence-electron chi connectivity index (χ4n) is 3.78. The number of hydrogen-bond donors (Lipinski definition) is 2. The first kappa shape index (κ1) is 26.2. The van der Waals surface area contributed by atoms with E-state index >= 15 is 0 Å². The van der Waals surface area contributed by atoms with E-state index in [-0.39, 0.29) is 17.6 Å². The summed E-state index contributed by atoms with van der Waals surface area (Å²) in [5.41, 5.74) is 3.42. The number of allylic oxidation sites excluding steroid dienone is 6. The maximum atomic E-state index is 11.2. The largest absolute Gasteiger partial charge is 0.495 e. The molecule has 1 aliphatic rings. The first-order valence-electron chi connectivity index (χ1n) is 10.8. The summed E-state index contributed by atoms with van der Waals surface area (Å²) in [6.45, 7) is 9.62. The van der Waals surface area contributed by atoms with Crippen LogP contribution in [0.1, 0.15) is 66.7 Å². The lowest BCUT2D eigenvalue weighted by atomic mass is 9.76. The Morgan fingerprint density at radius 1 is 0.867 bits per heavy atom. The van der Waals surface area contributed by atoms with E-state index in [1.807, 2.05) is 19.9 Å². The molecule has 4 unspecified atom stereocenters. The molecule has 0 saturated carbocycles. The minimum absolute atomic E-state index is 0.127. The normalized spacial score (nSPS) is 26.1.